The van der Waals surface area contributed by atoms with E-state index in [0.29, 0.717) is 11.1 Å². The SMILES string of the molecule is COC(C)c1ccc(-c2nnc(SC(C)c3cccc([N+](=O)[O-])c3)o2)c(C)c1. The van der Waals surface area contributed by atoms with Crippen LogP contribution in [0.3, 0.4) is 0 Å². The fourth-order valence-electron chi connectivity index (χ4n) is 2.79. The molecular formula is C20H21N3O4S. The molecule has 1 heterocycles. The van der Waals surface area contributed by atoms with Crippen LogP contribution in [0.25, 0.3) is 11.5 Å². The van der Waals surface area contributed by atoms with Crippen LogP contribution in [0.4, 0.5) is 5.69 Å². The number of thioether (sulfide) groups is 1. The van der Waals surface area contributed by atoms with Crippen molar-refractivity contribution in [2.24, 2.45) is 0 Å². The summed E-state index contributed by atoms with van der Waals surface area (Å²) in [5, 5.41) is 19.6. The zero-order chi connectivity index (χ0) is 20.3. The highest BCUT2D eigenvalue weighted by atomic mass is 32.2. The summed E-state index contributed by atoms with van der Waals surface area (Å²) < 4.78 is 11.2. The largest absolute Gasteiger partial charge is 0.411 e. The molecule has 2 unspecified atom stereocenters. The second-order valence-corrected chi connectivity index (χ2v) is 7.73. The van der Waals surface area contributed by atoms with Gasteiger partial charge >= 0.3 is 0 Å². The van der Waals surface area contributed by atoms with Crippen LogP contribution in [0, 0.1) is 17.0 Å². The standard InChI is InChI=1S/C20H21N3O4S/c1-12-10-15(13(2)26-4)8-9-18(12)19-21-22-20(27-19)28-14(3)16-6-5-7-17(11-16)23(24)25/h5-11,13-14H,1-4H3. The van der Waals surface area contributed by atoms with E-state index in [1.165, 1.54) is 17.8 Å². The molecule has 0 spiro atoms. The van der Waals surface area contributed by atoms with Crippen molar-refractivity contribution in [2.45, 2.75) is 37.3 Å². The van der Waals surface area contributed by atoms with Crippen LogP contribution >= 0.6 is 11.8 Å². The van der Waals surface area contributed by atoms with E-state index in [1.807, 2.05) is 45.0 Å². The molecule has 146 valence electrons. The van der Waals surface area contributed by atoms with Crippen molar-refractivity contribution in [3.05, 3.63) is 69.3 Å². The van der Waals surface area contributed by atoms with E-state index in [4.69, 9.17) is 9.15 Å². The molecule has 0 aliphatic heterocycles. The number of ether oxygens (including phenoxy) is 1. The summed E-state index contributed by atoms with van der Waals surface area (Å²) in [6, 6.07) is 12.5. The molecule has 0 bridgehead atoms. The topological polar surface area (TPSA) is 91.3 Å². The number of benzene rings is 2. The first-order chi connectivity index (χ1) is 13.4. The summed E-state index contributed by atoms with van der Waals surface area (Å²) in [6.07, 6.45) is 0.0114. The minimum atomic E-state index is -0.400. The molecule has 3 aromatic rings. The van der Waals surface area contributed by atoms with Gasteiger partial charge in [-0.15, -0.1) is 10.2 Å². The molecular weight excluding hydrogens is 378 g/mol. The van der Waals surface area contributed by atoms with Crippen molar-refractivity contribution in [1.29, 1.82) is 0 Å². The summed E-state index contributed by atoms with van der Waals surface area (Å²) in [5.41, 5.74) is 3.87. The fourth-order valence-corrected chi connectivity index (χ4v) is 3.59. The van der Waals surface area contributed by atoms with E-state index in [1.54, 1.807) is 19.2 Å². The number of methoxy groups -OCH3 is 1. The van der Waals surface area contributed by atoms with Crippen molar-refractivity contribution in [3.8, 4) is 11.5 Å². The molecule has 0 N–H and O–H groups in total. The summed E-state index contributed by atoms with van der Waals surface area (Å²) in [4.78, 5) is 10.6. The van der Waals surface area contributed by atoms with E-state index in [9.17, 15) is 10.1 Å². The summed E-state index contributed by atoms with van der Waals surface area (Å²) in [7, 11) is 1.68. The Kier molecular flexibility index (Phi) is 6.11. The van der Waals surface area contributed by atoms with Gasteiger partial charge in [-0.25, -0.2) is 0 Å². The summed E-state index contributed by atoms with van der Waals surface area (Å²) in [6.45, 7) is 5.93. The van der Waals surface area contributed by atoms with Gasteiger partial charge in [0.05, 0.1) is 11.0 Å². The van der Waals surface area contributed by atoms with Crippen LogP contribution in [0.2, 0.25) is 0 Å². The summed E-state index contributed by atoms with van der Waals surface area (Å²) in [5.74, 6) is 0.447. The van der Waals surface area contributed by atoms with E-state index in [2.05, 4.69) is 10.2 Å². The van der Waals surface area contributed by atoms with Gasteiger partial charge in [0.1, 0.15) is 0 Å². The lowest BCUT2D eigenvalue weighted by Crippen LogP contribution is -1.96. The smallest absolute Gasteiger partial charge is 0.277 e. The van der Waals surface area contributed by atoms with Gasteiger partial charge in [0.2, 0.25) is 5.89 Å². The first-order valence-corrected chi connectivity index (χ1v) is 9.65. The Labute approximate surface area is 167 Å². The van der Waals surface area contributed by atoms with Gasteiger partial charge in [0.25, 0.3) is 10.9 Å². The lowest BCUT2D eigenvalue weighted by atomic mass is 10.0. The van der Waals surface area contributed by atoms with Crippen molar-refractivity contribution in [3.63, 3.8) is 0 Å². The Hall–Kier alpha value is -2.71. The van der Waals surface area contributed by atoms with E-state index < -0.39 is 4.92 Å². The number of aryl methyl sites for hydroxylation is 1. The Morgan fingerprint density at radius 1 is 1.14 bits per heavy atom. The Morgan fingerprint density at radius 3 is 2.61 bits per heavy atom. The molecule has 2 aromatic carbocycles. The maximum absolute atomic E-state index is 11.0. The Bertz CT molecular complexity index is 989. The van der Waals surface area contributed by atoms with Gasteiger partial charge in [-0.05, 0) is 43.5 Å². The van der Waals surface area contributed by atoms with Crippen molar-refractivity contribution >= 4 is 17.4 Å². The highest BCUT2D eigenvalue weighted by molar-refractivity contribution is 7.99. The molecule has 0 aliphatic carbocycles. The van der Waals surface area contributed by atoms with E-state index in [-0.39, 0.29) is 17.0 Å². The van der Waals surface area contributed by atoms with Gasteiger partial charge in [0, 0.05) is 30.1 Å². The monoisotopic (exact) mass is 399 g/mol. The second kappa shape index (κ2) is 8.53. The maximum atomic E-state index is 11.0. The predicted octanol–water partition coefficient (Wildman–Crippen LogP) is 5.51. The normalized spacial score (nSPS) is 13.3. The third-order valence-electron chi connectivity index (χ3n) is 4.54. The lowest BCUT2D eigenvalue weighted by molar-refractivity contribution is -0.384. The maximum Gasteiger partial charge on any atom is 0.277 e. The quantitative estimate of drug-likeness (QED) is 0.294. The van der Waals surface area contributed by atoms with Crippen LogP contribution in [-0.2, 0) is 4.74 Å². The van der Waals surface area contributed by atoms with Gasteiger partial charge in [-0.1, -0.05) is 36.0 Å². The summed E-state index contributed by atoms with van der Waals surface area (Å²) >= 11 is 1.37. The number of nitro benzene ring substituents is 1. The molecule has 2 atom stereocenters. The molecule has 28 heavy (non-hydrogen) atoms. The minimum Gasteiger partial charge on any atom is -0.411 e. The Balaban J connectivity index is 1.77. The molecule has 1 aromatic heterocycles. The number of nitrogens with zero attached hydrogens (tertiary/aromatic N) is 3. The van der Waals surface area contributed by atoms with Gasteiger partial charge in [-0.3, -0.25) is 10.1 Å². The van der Waals surface area contributed by atoms with Crippen LogP contribution in [0.1, 0.15) is 41.9 Å². The molecule has 0 fully saturated rings. The van der Waals surface area contributed by atoms with E-state index in [0.717, 1.165) is 22.3 Å². The molecule has 0 saturated carbocycles. The first kappa shape index (κ1) is 20.0. The third-order valence-corrected chi connectivity index (χ3v) is 5.53. The number of non-ortho nitro benzene ring substituents is 1. The number of nitro groups is 1. The van der Waals surface area contributed by atoms with Gasteiger partial charge < -0.3 is 9.15 Å². The highest BCUT2D eigenvalue weighted by Gasteiger charge is 2.17. The number of aromatic nitrogens is 2. The Morgan fingerprint density at radius 2 is 1.93 bits per heavy atom. The molecule has 3 rings (SSSR count). The molecule has 8 heteroatoms. The number of hydrogen-bond acceptors (Lipinski definition) is 7. The molecule has 0 radical (unpaired) electrons. The lowest BCUT2D eigenvalue weighted by Gasteiger charge is -2.11. The van der Waals surface area contributed by atoms with Crippen LogP contribution in [-0.4, -0.2) is 22.2 Å². The van der Waals surface area contributed by atoms with E-state index >= 15 is 0 Å². The molecule has 0 amide bonds. The van der Waals surface area contributed by atoms with Gasteiger partial charge in [0.15, 0.2) is 0 Å². The van der Waals surface area contributed by atoms with Crippen LogP contribution < -0.4 is 0 Å². The highest BCUT2D eigenvalue weighted by Crippen LogP contribution is 2.36. The predicted molar refractivity (Wildman–Crippen MR) is 107 cm³/mol. The zero-order valence-corrected chi connectivity index (χ0v) is 16.9. The average molecular weight is 399 g/mol. The molecule has 0 saturated heterocycles. The van der Waals surface area contributed by atoms with Crippen LogP contribution in [0.15, 0.2) is 52.1 Å². The second-order valence-electron chi connectivity index (χ2n) is 6.44. The van der Waals surface area contributed by atoms with Gasteiger partial charge in [-0.2, -0.15) is 0 Å². The minimum absolute atomic E-state index is 0.0114. The fraction of sp³-hybridized carbons (Fsp3) is 0.300. The molecule has 7 nitrogen and oxygen atoms in total. The van der Waals surface area contributed by atoms with Crippen LogP contribution in [0.5, 0.6) is 0 Å². The first-order valence-electron chi connectivity index (χ1n) is 8.77. The zero-order valence-electron chi connectivity index (χ0n) is 16.1. The van der Waals surface area contributed by atoms with Crippen molar-refractivity contribution in [2.75, 3.05) is 7.11 Å². The number of rotatable bonds is 7. The number of hydrogen-bond donors (Lipinski definition) is 0. The van der Waals surface area contributed by atoms with Crippen molar-refractivity contribution in [1.82, 2.24) is 10.2 Å². The molecule has 0 aliphatic rings. The average Bonchev–Trinajstić information content (AvgIpc) is 3.15. The van der Waals surface area contributed by atoms with Crippen molar-refractivity contribution < 1.29 is 14.1 Å². The third kappa shape index (κ3) is 4.40.